The third kappa shape index (κ3) is 6.62. The predicted molar refractivity (Wildman–Crippen MR) is 82.0 cm³/mol. The van der Waals surface area contributed by atoms with Crippen LogP contribution in [0.25, 0.3) is 0 Å². The van der Waals surface area contributed by atoms with Crippen molar-refractivity contribution in [3.63, 3.8) is 0 Å². The van der Waals surface area contributed by atoms with Gasteiger partial charge in [-0.15, -0.1) is 0 Å². The maximum atomic E-state index is 10.5. The first-order valence-electron chi connectivity index (χ1n) is 6.65. The number of hydrazone groups is 1. The van der Waals surface area contributed by atoms with E-state index in [4.69, 9.17) is 15.2 Å². The van der Waals surface area contributed by atoms with E-state index in [0.29, 0.717) is 24.7 Å². The van der Waals surface area contributed by atoms with Crippen molar-refractivity contribution < 1.29 is 14.3 Å². The number of carbonyl (C=O) groups excluding carboxylic acids is 1. The Labute approximate surface area is 124 Å². The number of nitrogens with two attached hydrogens (primary N) is 1. The van der Waals surface area contributed by atoms with Gasteiger partial charge in [0, 0.05) is 6.54 Å². The molecule has 0 aliphatic rings. The molecule has 7 heteroatoms. The van der Waals surface area contributed by atoms with Crippen LogP contribution in [0.3, 0.4) is 0 Å². The number of ether oxygens (including phenoxy) is 2. The second-order valence-electron chi connectivity index (χ2n) is 4.53. The number of amides is 2. The summed E-state index contributed by atoms with van der Waals surface area (Å²) in [5, 5.41) is 3.70. The third-order valence-corrected chi connectivity index (χ3v) is 2.45. The molecular weight excluding hydrogens is 272 g/mol. The van der Waals surface area contributed by atoms with Gasteiger partial charge >= 0.3 is 6.03 Å². The smallest absolute Gasteiger partial charge is 0.332 e. The highest BCUT2D eigenvalue weighted by Gasteiger charge is 2.06. The van der Waals surface area contributed by atoms with Crippen molar-refractivity contribution in [2.24, 2.45) is 10.8 Å². The summed E-state index contributed by atoms with van der Waals surface area (Å²) in [6, 6.07) is 4.71. The number of urea groups is 1. The van der Waals surface area contributed by atoms with E-state index in [0.717, 1.165) is 12.1 Å². The van der Waals surface area contributed by atoms with Crippen LogP contribution in [0.4, 0.5) is 4.79 Å². The normalized spacial score (nSPS) is 10.9. The number of primary amides is 1. The fourth-order valence-corrected chi connectivity index (χ4v) is 1.50. The number of benzene rings is 1. The Hall–Kier alpha value is -2.28. The Morgan fingerprint density at radius 1 is 1.38 bits per heavy atom. The van der Waals surface area contributed by atoms with Gasteiger partial charge in [-0.2, -0.15) is 5.10 Å². The van der Waals surface area contributed by atoms with Crippen LogP contribution in [-0.4, -0.2) is 51.0 Å². The van der Waals surface area contributed by atoms with Crippen LogP contribution >= 0.6 is 0 Å². The van der Waals surface area contributed by atoms with Crippen molar-refractivity contribution >= 4 is 12.2 Å². The summed E-state index contributed by atoms with van der Waals surface area (Å²) in [4.78, 5) is 12.6. The van der Waals surface area contributed by atoms with E-state index >= 15 is 0 Å². The molecule has 0 radical (unpaired) electrons. The number of hydrogen-bond donors (Lipinski definition) is 2. The third-order valence-electron chi connectivity index (χ3n) is 2.45. The molecule has 0 atom stereocenters. The molecule has 0 saturated heterocycles. The number of likely N-dealkylation sites (N-methyl/N-ethyl adjacent to an activating group) is 1. The Bertz CT molecular complexity index is 489. The quantitative estimate of drug-likeness (QED) is 0.553. The molecule has 0 spiro atoms. The summed E-state index contributed by atoms with van der Waals surface area (Å²) < 4.78 is 11.2. The second kappa shape index (κ2) is 8.80. The van der Waals surface area contributed by atoms with E-state index in [2.05, 4.69) is 10.5 Å². The molecule has 0 aliphatic carbocycles. The maximum Gasteiger partial charge on any atom is 0.332 e. The lowest BCUT2D eigenvalue weighted by atomic mass is 10.2. The van der Waals surface area contributed by atoms with E-state index in [9.17, 15) is 4.79 Å². The van der Waals surface area contributed by atoms with Gasteiger partial charge in [0.15, 0.2) is 11.5 Å². The van der Waals surface area contributed by atoms with Crippen LogP contribution in [0.1, 0.15) is 12.5 Å². The van der Waals surface area contributed by atoms with Gasteiger partial charge < -0.3 is 20.1 Å². The first kappa shape index (κ1) is 16.8. The van der Waals surface area contributed by atoms with Crippen molar-refractivity contribution in [1.29, 1.82) is 0 Å². The molecular formula is C14H22N4O3. The Kier molecular flexibility index (Phi) is 7.03. The Morgan fingerprint density at radius 3 is 2.76 bits per heavy atom. The van der Waals surface area contributed by atoms with Gasteiger partial charge in [0.05, 0.1) is 12.8 Å². The zero-order chi connectivity index (χ0) is 15.7. The van der Waals surface area contributed by atoms with Crippen LogP contribution in [-0.2, 0) is 0 Å². The SMILES string of the molecule is CCOc1cc(C=NNC(N)=O)ccc1OCCN(C)C. The van der Waals surface area contributed by atoms with Crippen LogP contribution in [0, 0.1) is 0 Å². The minimum atomic E-state index is -0.708. The Morgan fingerprint density at radius 2 is 2.14 bits per heavy atom. The number of carbonyl (C=O) groups is 1. The van der Waals surface area contributed by atoms with Crippen LogP contribution in [0.5, 0.6) is 11.5 Å². The summed E-state index contributed by atoms with van der Waals surface area (Å²) in [5.41, 5.74) is 7.83. The van der Waals surface area contributed by atoms with Crippen molar-refractivity contribution in [3.8, 4) is 11.5 Å². The topological polar surface area (TPSA) is 89.2 Å². The molecule has 21 heavy (non-hydrogen) atoms. The van der Waals surface area contributed by atoms with Gasteiger partial charge in [0.2, 0.25) is 0 Å². The van der Waals surface area contributed by atoms with Gasteiger partial charge in [-0.05, 0) is 44.8 Å². The molecule has 0 unspecified atom stereocenters. The molecule has 1 aromatic rings. The van der Waals surface area contributed by atoms with E-state index < -0.39 is 6.03 Å². The highest BCUT2D eigenvalue weighted by Crippen LogP contribution is 2.28. The molecule has 7 nitrogen and oxygen atoms in total. The largest absolute Gasteiger partial charge is 0.490 e. The average Bonchev–Trinajstić information content (AvgIpc) is 2.40. The predicted octanol–water partition coefficient (Wildman–Crippen LogP) is 1.03. The maximum absolute atomic E-state index is 10.5. The molecule has 2 amide bonds. The molecule has 1 rings (SSSR count). The number of nitrogens with one attached hydrogen (secondary N) is 1. The highest BCUT2D eigenvalue weighted by atomic mass is 16.5. The lowest BCUT2D eigenvalue weighted by molar-refractivity contribution is 0.244. The summed E-state index contributed by atoms with van der Waals surface area (Å²) in [6.45, 7) is 3.82. The lowest BCUT2D eigenvalue weighted by Crippen LogP contribution is -2.24. The monoisotopic (exact) mass is 294 g/mol. The van der Waals surface area contributed by atoms with E-state index in [1.165, 1.54) is 6.21 Å². The number of hydrogen-bond acceptors (Lipinski definition) is 5. The van der Waals surface area contributed by atoms with Crippen LogP contribution < -0.4 is 20.6 Å². The summed E-state index contributed by atoms with van der Waals surface area (Å²) in [7, 11) is 3.97. The van der Waals surface area contributed by atoms with E-state index in [1.807, 2.05) is 38.1 Å². The standard InChI is InChI=1S/C14H22N4O3/c1-4-20-13-9-11(10-16-17-14(15)19)5-6-12(13)21-8-7-18(2)3/h5-6,9-10H,4,7-8H2,1-3H3,(H3,15,17,19). The van der Waals surface area contributed by atoms with Crippen molar-refractivity contribution in [3.05, 3.63) is 23.8 Å². The number of nitrogens with zero attached hydrogens (tertiary/aromatic N) is 2. The van der Waals surface area contributed by atoms with Gasteiger partial charge in [-0.1, -0.05) is 0 Å². The van der Waals surface area contributed by atoms with E-state index in [1.54, 1.807) is 6.07 Å². The van der Waals surface area contributed by atoms with Crippen molar-refractivity contribution in [2.75, 3.05) is 33.9 Å². The molecule has 0 heterocycles. The fraction of sp³-hybridized carbons (Fsp3) is 0.429. The molecule has 3 N–H and O–H groups in total. The Balaban J connectivity index is 2.75. The average molecular weight is 294 g/mol. The molecule has 0 bridgehead atoms. The summed E-state index contributed by atoms with van der Waals surface area (Å²) >= 11 is 0. The summed E-state index contributed by atoms with van der Waals surface area (Å²) in [5.74, 6) is 1.32. The number of rotatable bonds is 8. The molecule has 0 aromatic heterocycles. The minimum Gasteiger partial charge on any atom is -0.490 e. The van der Waals surface area contributed by atoms with Gasteiger partial charge in [-0.3, -0.25) is 0 Å². The zero-order valence-electron chi connectivity index (χ0n) is 12.6. The fourth-order valence-electron chi connectivity index (χ4n) is 1.50. The van der Waals surface area contributed by atoms with Crippen molar-refractivity contribution in [1.82, 2.24) is 10.3 Å². The second-order valence-corrected chi connectivity index (χ2v) is 4.53. The van der Waals surface area contributed by atoms with Crippen LogP contribution in [0.15, 0.2) is 23.3 Å². The minimum absolute atomic E-state index is 0.532. The lowest BCUT2D eigenvalue weighted by Gasteiger charge is -2.14. The molecule has 116 valence electrons. The highest BCUT2D eigenvalue weighted by molar-refractivity contribution is 5.82. The first-order chi connectivity index (χ1) is 10.0. The van der Waals surface area contributed by atoms with Gasteiger partial charge in [0.25, 0.3) is 0 Å². The van der Waals surface area contributed by atoms with Crippen molar-refractivity contribution in [2.45, 2.75) is 6.92 Å². The first-order valence-corrected chi connectivity index (χ1v) is 6.65. The zero-order valence-corrected chi connectivity index (χ0v) is 12.6. The summed E-state index contributed by atoms with van der Waals surface area (Å²) in [6.07, 6.45) is 1.48. The molecule has 1 aromatic carbocycles. The molecule has 0 aliphatic heterocycles. The van der Waals surface area contributed by atoms with Gasteiger partial charge in [0.1, 0.15) is 6.61 Å². The molecule has 0 fully saturated rings. The van der Waals surface area contributed by atoms with E-state index in [-0.39, 0.29) is 0 Å². The van der Waals surface area contributed by atoms with Gasteiger partial charge in [-0.25, -0.2) is 10.2 Å². The van der Waals surface area contributed by atoms with Crippen LogP contribution in [0.2, 0.25) is 0 Å². The molecule has 0 saturated carbocycles.